The molecule has 4 nitrogen and oxygen atoms in total. The molecule has 4 rings (SSSR count). The SMILES string of the molecule is Cc1ccc(-n2cc(CN3CCCC(CO)C3)c(-c3ccc(F)cc3)n2)cc1. The highest BCUT2D eigenvalue weighted by molar-refractivity contribution is 5.63. The first kappa shape index (κ1) is 18.8. The highest BCUT2D eigenvalue weighted by atomic mass is 19.1. The number of benzene rings is 2. The number of hydrogen-bond acceptors (Lipinski definition) is 3. The van der Waals surface area contributed by atoms with E-state index in [0.29, 0.717) is 5.92 Å². The zero-order valence-electron chi connectivity index (χ0n) is 16.2. The van der Waals surface area contributed by atoms with E-state index < -0.39 is 0 Å². The average molecular weight is 379 g/mol. The Morgan fingerprint density at radius 1 is 1.11 bits per heavy atom. The molecule has 0 aliphatic carbocycles. The number of halogens is 1. The van der Waals surface area contributed by atoms with Gasteiger partial charge in [-0.3, -0.25) is 4.90 Å². The maximum atomic E-state index is 13.4. The quantitative estimate of drug-likeness (QED) is 0.723. The summed E-state index contributed by atoms with van der Waals surface area (Å²) in [6.45, 7) is 5.00. The van der Waals surface area contributed by atoms with Crippen LogP contribution >= 0.6 is 0 Å². The van der Waals surface area contributed by atoms with Crippen LogP contribution in [0.3, 0.4) is 0 Å². The molecular formula is C23H26FN3O. The van der Waals surface area contributed by atoms with Crippen LogP contribution in [0.1, 0.15) is 24.0 Å². The maximum Gasteiger partial charge on any atom is 0.123 e. The van der Waals surface area contributed by atoms with E-state index in [1.807, 2.05) is 4.68 Å². The minimum absolute atomic E-state index is 0.240. The number of piperidine rings is 1. The summed E-state index contributed by atoms with van der Waals surface area (Å²) in [4.78, 5) is 2.38. The minimum atomic E-state index is -0.245. The van der Waals surface area contributed by atoms with Crippen molar-refractivity contribution < 1.29 is 9.50 Å². The lowest BCUT2D eigenvalue weighted by atomic mass is 9.98. The topological polar surface area (TPSA) is 41.3 Å². The number of aliphatic hydroxyl groups excluding tert-OH is 1. The predicted octanol–water partition coefficient (Wildman–Crippen LogP) is 4.19. The highest BCUT2D eigenvalue weighted by Crippen LogP contribution is 2.27. The second-order valence-corrected chi connectivity index (χ2v) is 7.72. The first-order valence-corrected chi connectivity index (χ1v) is 9.87. The summed E-state index contributed by atoms with van der Waals surface area (Å²) in [5.74, 6) is 0.0975. The van der Waals surface area contributed by atoms with Crippen molar-refractivity contribution in [2.24, 2.45) is 5.92 Å². The van der Waals surface area contributed by atoms with Gasteiger partial charge in [0.25, 0.3) is 0 Å². The predicted molar refractivity (Wildman–Crippen MR) is 109 cm³/mol. The molecule has 0 spiro atoms. The number of aryl methyl sites for hydroxylation is 1. The van der Waals surface area contributed by atoms with E-state index in [0.717, 1.165) is 55.0 Å². The fraction of sp³-hybridized carbons (Fsp3) is 0.348. The summed E-state index contributed by atoms with van der Waals surface area (Å²) < 4.78 is 15.3. The molecule has 1 N–H and O–H groups in total. The Labute approximate surface area is 165 Å². The highest BCUT2D eigenvalue weighted by Gasteiger charge is 2.22. The summed E-state index contributed by atoms with van der Waals surface area (Å²) in [7, 11) is 0. The van der Waals surface area contributed by atoms with Crippen LogP contribution in [0.4, 0.5) is 4.39 Å². The fourth-order valence-corrected chi connectivity index (χ4v) is 3.89. The minimum Gasteiger partial charge on any atom is -0.396 e. The number of nitrogens with zero attached hydrogens (tertiary/aromatic N) is 3. The molecule has 0 amide bonds. The molecule has 1 fully saturated rings. The summed E-state index contributed by atoms with van der Waals surface area (Å²) >= 11 is 0. The molecule has 146 valence electrons. The van der Waals surface area contributed by atoms with Crippen molar-refractivity contribution in [3.8, 4) is 16.9 Å². The lowest BCUT2D eigenvalue weighted by molar-refractivity contribution is 0.116. The second kappa shape index (κ2) is 8.25. The van der Waals surface area contributed by atoms with E-state index in [1.54, 1.807) is 12.1 Å². The second-order valence-electron chi connectivity index (χ2n) is 7.72. The van der Waals surface area contributed by atoms with Gasteiger partial charge in [0.15, 0.2) is 0 Å². The van der Waals surface area contributed by atoms with Crippen molar-refractivity contribution in [3.63, 3.8) is 0 Å². The van der Waals surface area contributed by atoms with Crippen molar-refractivity contribution in [1.29, 1.82) is 0 Å². The number of hydrogen-bond donors (Lipinski definition) is 1. The van der Waals surface area contributed by atoms with Gasteiger partial charge in [-0.2, -0.15) is 5.10 Å². The third-order valence-electron chi connectivity index (χ3n) is 5.46. The lowest BCUT2D eigenvalue weighted by Crippen LogP contribution is -2.36. The fourth-order valence-electron chi connectivity index (χ4n) is 3.89. The third-order valence-corrected chi connectivity index (χ3v) is 5.46. The van der Waals surface area contributed by atoms with Crippen LogP contribution in [-0.2, 0) is 6.54 Å². The van der Waals surface area contributed by atoms with Gasteiger partial charge in [-0.1, -0.05) is 17.7 Å². The molecule has 1 unspecified atom stereocenters. The summed E-state index contributed by atoms with van der Waals surface area (Å²) in [5, 5.41) is 14.4. The van der Waals surface area contributed by atoms with Gasteiger partial charge in [-0.15, -0.1) is 0 Å². The summed E-state index contributed by atoms with van der Waals surface area (Å²) in [6.07, 6.45) is 4.26. The van der Waals surface area contributed by atoms with E-state index >= 15 is 0 Å². The van der Waals surface area contributed by atoms with Gasteiger partial charge in [0, 0.05) is 37.0 Å². The molecule has 0 bridgehead atoms. The Kier molecular flexibility index (Phi) is 5.55. The molecule has 1 aliphatic heterocycles. The first-order valence-electron chi connectivity index (χ1n) is 9.87. The molecule has 28 heavy (non-hydrogen) atoms. The molecule has 3 aromatic rings. The lowest BCUT2D eigenvalue weighted by Gasteiger charge is -2.31. The van der Waals surface area contributed by atoms with Crippen molar-refractivity contribution in [2.75, 3.05) is 19.7 Å². The van der Waals surface area contributed by atoms with Crippen LogP contribution in [0.25, 0.3) is 16.9 Å². The average Bonchev–Trinajstić information content (AvgIpc) is 3.13. The Bertz CT molecular complexity index is 918. The number of rotatable bonds is 5. The molecular weight excluding hydrogens is 353 g/mol. The number of aromatic nitrogens is 2. The van der Waals surface area contributed by atoms with E-state index in [2.05, 4.69) is 42.3 Å². The van der Waals surface area contributed by atoms with Crippen molar-refractivity contribution >= 4 is 0 Å². The van der Waals surface area contributed by atoms with Crippen LogP contribution in [-0.4, -0.2) is 39.5 Å². The van der Waals surface area contributed by atoms with Crippen LogP contribution in [0.2, 0.25) is 0 Å². The Morgan fingerprint density at radius 3 is 2.57 bits per heavy atom. The zero-order valence-corrected chi connectivity index (χ0v) is 16.2. The normalized spacial score (nSPS) is 17.8. The Hall–Kier alpha value is -2.50. The van der Waals surface area contributed by atoms with Gasteiger partial charge in [-0.05, 0) is 68.6 Å². The molecule has 2 aromatic carbocycles. The molecule has 1 atom stereocenters. The number of likely N-dealkylation sites (tertiary alicyclic amines) is 1. The Morgan fingerprint density at radius 2 is 1.86 bits per heavy atom. The summed E-state index contributed by atoms with van der Waals surface area (Å²) in [6, 6.07) is 14.8. The van der Waals surface area contributed by atoms with Crippen LogP contribution in [0, 0.1) is 18.7 Å². The van der Waals surface area contributed by atoms with Gasteiger partial charge in [0.05, 0.1) is 11.4 Å². The van der Waals surface area contributed by atoms with Gasteiger partial charge < -0.3 is 5.11 Å². The summed E-state index contributed by atoms with van der Waals surface area (Å²) in [5.41, 5.74) is 5.13. The van der Waals surface area contributed by atoms with E-state index in [4.69, 9.17) is 5.10 Å². The molecule has 0 saturated carbocycles. The maximum absolute atomic E-state index is 13.4. The van der Waals surface area contributed by atoms with Crippen LogP contribution in [0.5, 0.6) is 0 Å². The number of aliphatic hydroxyl groups is 1. The van der Waals surface area contributed by atoms with Crippen LogP contribution in [0.15, 0.2) is 54.7 Å². The smallest absolute Gasteiger partial charge is 0.123 e. The zero-order chi connectivity index (χ0) is 19.5. The van der Waals surface area contributed by atoms with Crippen molar-refractivity contribution in [2.45, 2.75) is 26.3 Å². The van der Waals surface area contributed by atoms with Gasteiger partial charge >= 0.3 is 0 Å². The van der Waals surface area contributed by atoms with E-state index in [1.165, 1.54) is 17.7 Å². The molecule has 2 heterocycles. The molecule has 1 aliphatic rings. The van der Waals surface area contributed by atoms with Gasteiger partial charge in [-0.25, -0.2) is 9.07 Å². The van der Waals surface area contributed by atoms with Gasteiger partial charge in [0.2, 0.25) is 0 Å². The third kappa shape index (κ3) is 4.16. The molecule has 5 heteroatoms. The standard InChI is InChI=1S/C23H26FN3O/c1-17-4-10-22(11-5-17)27-15-20(14-26-12-2-3-18(13-26)16-28)23(25-27)19-6-8-21(24)9-7-19/h4-11,15,18,28H,2-3,12-14,16H2,1H3. The largest absolute Gasteiger partial charge is 0.396 e. The molecule has 1 saturated heterocycles. The van der Waals surface area contributed by atoms with Gasteiger partial charge in [0.1, 0.15) is 5.82 Å². The first-order chi connectivity index (χ1) is 13.6. The molecule has 0 radical (unpaired) electrons. The van der Waals surface area contributed by atoms with Crippen molar-refractivity contribution in [3.05, 3.63) is 71.7 Å². The van der Waals surface area contributed by atoms with E-state index in [-0.39, 0.29) is 12.4 Å². The van der Waals surface area contributed by atoms with Crippen molar-refractivity contribution in [1.82, 2.24) is 14.7 Å². The van der Waals surface area contributed by atoms with Crippen LogP contribution < -0.4 is 0 Å². The Balaban J connectivity index is 1.68. The monoisotopic (exact) mass is 379 g/mol. The van der Waals surface area contributed by atoms with E-state index in [9.17, 15) is 9.50 Å². The molecule has 1 aromatic heterocycles.